The van der Waals surface area contributed by atoms with Crippen LogP contribution in [0.4, 0.5) is 0 Å². The SMILES string of the molecule is [2H]OB(I)I. The van der Waals surface area contributed by atoms with E-state index in [2.05, 4.69) is 5.03 Å². The second-order valence-electron chi connectivity index (χ2n) is 0.261. The Kier molecular flexibility index (Phi) is 2.48. The van der Waals surface area contributed by atoms with Crippen LogP contribution in [0.5, 0.6) is 0 Å². The molecule has 0 aliphatic carbocycles. The average molecular weight is 283 g/mol. The molecule has 4 heavy (non-hydrogen) atoms. The molecule has 0 rings (SSSR count). The maximum absolute atomic E-state index is 6.14. The number of hydrogen-bond acceptors (Lipinski definition) is 1. The average Bonchev–Trinajstić information content (AvgIpc) is 1.38. The molecule has 1 nitrogen and oxygen atoms in total. The van der Waals surface area contributed by atoms with E-state index in [0.717, 1.165) is 0 Å². The van der Waals surface area contributed by atoms with E-state index in [1.807, 2.05) is 44.7 Å². The summed E-state index contributed by atoms with van der Waals surface area (Å²) in [7, 11) is 0. The standard InChI is InChI=1S/BHI2O/c2-1(3)4/h4H/i4D. The van der Waals surface area contributed by atoms with E-state index in [1.54, 1.807) is 0 Å². The van der Waals surface area contributed by atoms with Gasteiger partial charge in [0.1, 0.15) is 0 Å². The molecule has 0 aromatic heterocycles. The molecule has 0 aliphatic heterocycles. The molecule has 24 valence electrons. The predicted molar refractivity (Wildman–Crippen MR) is 36.0 cm³/mol. The third-order valence-electron chi connectivity index (χ3n) is 0. The highest BCUT2D eigenvalue weighted by molar-refractivity contribution is 14.3. The lowest BCUT2D eigenvalue weighted by Gasteiger charge is -1.66. The van der Waals surface area contributed by atoms with Crippen molar-refractivity contribution < 1.29 is 5.03 Å². The van der Waals surface area contributed by atoms with Gasteiger partial charge in [-0.25, -0.2) is 0 Å². The Morgan fingerprint density at radius 1 is 2.00 bits per heavy atom. The zero-order valence-electron chi connectivity index (χ0n) is 2.74. The molecule has 0 atom stereocenters. The molecule has 4 heteroatoms. The topological polar surface area (TPSA) is 20.2 Å². The van der Waals surface area contributed by atoms with Crippen LogP contribution in [-0.2, 0) is 0 Å². The normalized spacial score (nSPS) is 10.0. The zero-order chi connectivity index (χ0) is 4.28. The van der Waals surface area contributed by atoms with Crippen LogP contribution < -0.4 is 0 Å². The second-order valence-corrected chi connectivity index (χ2v) is 4.91. The van der Waals surface area contributed by atoms with Crippen molar-refractivity contribution in [1.29, 1.82) is 1.43 Å². The molecule has 0 aromatic carbocycles. The third kappa shape index (κ3) is 9.76. The first kappa shape index (κ1) is 3.67. The first-order valence-corrected chi connectivity index (χ1v) is 3.16. The Bertz CT molecular complexity index is 23.6. The minimum atomic E-state index is -0.00907. The van der Waals surface area contributed by atoms with Gasteiger partial charge in [-0.2, -0.15) is 0 Å². The van der Waals surface area contributed by atoms with Crippen molar-refractivity contribution in [3.8, 4) is 0 Å². The lowest BCUT2D eigenvalue weighted by Crippen LogP contribution is -1.79. The van der Waals surface area contributed by atoms with Gasteiger partial charge in [-0.05, 0) is 0 Å². The van der Waals surface area contributed by atoms with E-state index in [4.69, 9.17) is 1.43 Å². The van der Waals surface area contributed by atoms with Crippen molar-refractivity contribution in [2.24, 2.45) is 0 Å². The van der Waals surface area contributed by atoms with Gasteiger partial charge in [0.15, 0.2) is 1.43 Å². The molecule has 0 amide bonds. The Morgan fingerprint density at radius 2 is 2.25 bits per heavy atom. The Morgan fingerprint density at radius 3 is 2.25 bits per heavy atom. The van der Waals surface area contributed by atoms with Crippen molar-refractivity contribution in [3.63, 3.8) is 0 Å². The van der Waals surface area contributed by atoms with Crippen LogP contribution in [-0.4, -0.2) is 9.09 Å². The fourth-order valence-electron chi connectivity index (χ4n) is 0. The van der Waals surface area contributed by atoms with Crippen LogP contribution in [0.1, 0.15) is 0 Å². The largest absolute Gasteiger partial charge is 0.435 e. The molecule has 0 spiro atoms. The summed E-state index contributed by atoms with van der Waals surface area (Å²) in [4.78, 5) is 0. The molecule has 0 unspecified atom stereocenters. The van der Waals surface area contributed by atoms with E-state index >= 15 is 0 Å². The molecular weight excluding hydrogens is 281 g/mol. The van der Waals surface area contributed by atoms with E-state index < -0.39 is 0 Å². The lowest BCUT2D eigenvalue weighted by molar-refractivity contribution is 0.623. The van der Waals surface area contributed by atoms with Gasteiger partial charge in [0.25, 0.3) is 0 Å². The van der Waals surface area contributed by atoms with Crippen molar-refractivity contribution in [2.75, 3.05) is 0 Å². The Hall–Kier alpha value is 1.48. The van der Waals surface area contributed by atoms with Gasteiger partial charge in [-0.3, -0.25) is 0 Å². The van der Waals surface area contributed by atoms with Crippen molar-refractivity contribution >= 4 is 47.4 Å². The summed E-state index contributed by atoms with van der Waals surface area (Å²) in [6, 6.07) is 0. The molecule has 0 aliphatic rings. The van der Waals surface area contributed by atoms with E-state index in [1.165, 1.54) is 0 Å². The summed E-state index contributed by atoms with van der Waals surface area (Å²) >= 11 is 3.97. The van der Waals surface area contributed by atoms with Gasteiger partial charge in [0.2, 0.25) is 0 Å². The van der Waals surface area contributed by atoms with Gasteiger partial charge in [-0.15, -0.1) is 0 Å². The van der Waals surface area contributed by atoms with Crippen LogP contribution >= 0.6 is 44.7 Å². The Balaban J connectivity index is 2.54. The van der Waals surface area contributed by atoms with E-state index in [-0.39, 0.29) is 2.63 Å². The molecule has 0 saturated carbocycles. The summed E-state index contributed by atoms with van der Waals surface area (Å²) in [5.41, 5.74) is 0. The Labute approximate surface area is 53.5 Å². The maximum atomic E-state index is 6.14. The summed E-state index contributed by atoms with van der Waals surface area (Å²) in [6.45, 7) is 0. The summed E-state index contributed by atoms with van der Waals surface area (Å²) in [6.07, 6.45) is 0. The number of hydrogen-bond donors (Lipinski definition) is 1. The van der Waals surface area contributed by atoms with Gasteiger partial charge >= 0.3 is 2.63 Å². The predicted octanol–water partition coefficient (Wildman–Crippen LogP) is 0.834. The highest BCUT2D eigenvalue weighted by Crippen LogP contribution is 1.95. The molecule has 1 N–H and O–H groups in total. The van der Waals surface area contributed by atoms with Crippen molar-refractivity contribution in [1.82, 2.24) is 0 Å². The highest BCUT2D eigenvalue weighted by atomic mass is 127. The molecule has 0 heterocycles. The van der Waals surface area contributed by atoms with Gasteiger partial charge < -0.3 is 5.03 Å². The molecule has 0 aromatic rings. The fraction of sp³-hybridized carbons (Fsp3) is 0. The van der Waals surface area contributed by atoms with Gasteiger partial charge in [-0.1, -0.05) is 44.7 Å². The molecule has 0 fully saturated rings. The van der Waals surface area contributed by atoms with Gasteiger partial charge in [0, 0.05) is 0 Å². The maximum Gasteiger partial charge on any atom is 0.435 e. The number of rotatable bonds is 1. The smallest absolute Gasteiger partial charge is 0.434 e. The van der Waals surface area contributed by atoms with Crippen LogP contribution in [0.25, 0.3) is 0 Å². The van der Waals surface area contributed by atoms with Crippen LogP contribution in [0.15, 0.2) is 0 Å². The minimum Gasteiger partial charge on any atom is -0.434 e. The monoisotopic (exact) mass is 283 g/mol. The third-order valence-corrected chi connectivity index (χ3v) is 0. The highest BCUT2D eigenvalue weighted by Gasteiger charge is 1.88. The summed E-state index contributed by atoms with van der Waals surface area (Å²) in [5, 5.41) is 3.97. The second kappa shape index (κ2) is 2.71. The number of halogens is 2. The fourth-order valence-corrected chi connectivity index (χ4v) is 0. The quantitative estimate of drug-likeness (QED) is 0.558. The van der Waals surface area contributed by atoms with E-state index in [0.29, 0.717) is 0 Å². The first-order chi connectivity index (χ1) is 2.27. The first-order valence-electron chi connectivity index (χ1n) is 1.08. The lowest BCUT2D eigenvalue weighted by atomic mass is 10.6. The molecule has 0 saturated heterocycles. The minimum absolute atomic E-state index is 0.00907. The van der Waals surface area contributed by atoms with Crippen molar-refractivity contribution in [2.45, 2.75) is 0 Å². The molecule has 0 bridgehead atoms. The summed E-state index contributed by atoms with van der Waals surface area (Å²) < 4.78 is 6.13. The van der Waals surface area contributed by atoms with E-state index in [9.17, 15) is 0 Å². The van der Waals surface area contributed by atoms with Crippen LogP contribution in [0.2, 0.25) is 0 Å². The van der Waals surface area contributed by atoms with Crippen LogP contribution in [0.3, 0.4) is 0 Å². The molecular formula is HBI2O. The van der Waals surface area contributed by atoms with Crippen molar-refractivity contribution in [3.05, 3.63) is 0 Å². The molecule has 0 radical (unpaired) electrons. The van der Waals surface area contributed by atoms with Crippen LogP contribution in [0, 0.1) is 0 Å². The zero-order valence-corrected chi connectivity index (χ0v) is 6.06. The summed E-state index contributed by atoms with van der Waals surface area (Å²) in [5.74, 6) is 0. The van der Waals surface area contributed by atoms with Gasteiger partial charge in [0.05, 0.1) is 0 Å².